The molecule has 2 heterocycles. The molecule has 40 heteroatoms. The Morgan fingerprint density at radius 2 is 0.750 bits per heavy atom. The average Bonchev–Trinajstić information content (AvgIpc) is 0.902. The summed E-state index contributed by atoms with van der Waals surface area (Å²) in [5.74, 6) is -0.938. The molecule has 11 N–H and O–H groups in total. The summed E-state index contributed by atoms with van der Waals surface area (Å²) < 4.78 is 173. The number of H-pyrrole nitrogens is 4. The fourth-order valence-electron chi connectivity index (χ4n) is 8.05. The highest BCUT2D eigenvalue weighted by Gasteiger charge is 2.24. The van der Waals surface area contributed by atoms with E-state index in [1.807, 2.05) is 0 Å². The lowest BCUT2D eigenvalue weighted by atomic mass is 10.1. The van der Waals surface area contributed by atoms with Crippen LogP contribution in [0.15, 0.2) is 190 Å². The number of hydrogen-bond acceptors (Lipinski definition) is 22. The van der Waals surface area contributed by atoms with Gasteiger partial charge in [-0.05, 0) is 114 Å². The van der Waals surface area contributed by atoms with Gasteiger partial charge in [0, 0.05) is 35.4 Å². The van der Waals surface area contributed by atoms with Gasteiger partial charge in [-0.15, -0.1) is 10.2 Å². The maximum atomic E-state index is 12.6. The van der Waals surface area contributed by atoms with Crippen molar-refractivity contribution in [2.45, 2.75) is 38.3 Å². The number of rotatable bonds is 15. The van der Waals surface area contributed by atoms with E-state index in [0.29, 0.717) is 0 Å². The van der Waals surface area contributed by atoms with Gasteiger partial charge in [-0.25, -0.2) is 30.0 Å². The van der Waals surface area contributed by atoms with Crippen molar-refractivity contribution < 1.29 is 75.1 Å². The van der Waals surface area contributed by atoms with Crippen LogP contribution in [0.1, 0.15) is 13.8 Å². The summed E-state index contributed by atoms with van der Waals surface area (Å²) in [6.45, 7) is 2.45. The highest BCUT2D eigenvalue weighted by molar-refractivity contribution is 7.87. The molecule has 0 atom stereocenters. The van der Waals surface area contributed by atoms with Crippen molar-refractivity contribution in [3.63, 3.8) is 0 Å². The van der Waals surface area contributed by atoms with Gasteiger partial charge in [0.25, 0.3) is 50.6 Å². The molecule has 0 radical (unpaired) electrons. The molecule has 0 spiro atoms. The summed E-state index contributed by atoms with van der Waals surface area (Å²) in [5, 5.41) is 34.7. The fourth-order valence-corrected chi connectivity index (χ4v) is 11.8. The second-order valence-corrected chi connectivity index (χ2v) is 25.4. The SMILES string of the molecule is CC(O)=Nc1cc(N=c2nc(Cl)[nH]c(=Nc3ccc(S(=O)(=O)O)c(N=c4[nH]c(Cl)nc(=Nc5ccc(N=Nc6cc(S(=O)(=O)O)c7cccc(S(=O)(=O)O)c7c6)c(N=C(C)O)c5)[nH]4)c3)[nH]2)ccc1N=Nc1cc(S(=O)(=O)O)c2cccc(S(=O)(=O)O)c2c1. The van der Waals surface area contributed by atoms with Crippen molar-refractivity contribution in [2.75, 3.05) is 0 Å². The van der Waals surface area contributed by atoms with E-state index in [1.165, 1.54) is 68.4 Å². The summed E-state index contributed by atoms with van der Waals surface area (Å²) in [6.07, 6.45) is 0. The van der Waals surface area contributed by atoms with Gasteiger partial charge in [-0.1, -0.05) is 24.3 Å². The molecule has 0 unspecified atom stereocenters. The molecular formula is C48H36Cl2N16O17S5. The maximum absolute atomic E-state index is 12.6. The number of aromatic amines is 4. The Balaban J connectivity index is 1.05. The molecule has 33 nitrogen and oxygen atoms in total. The number of nitrogens with one attached hydrogen (secondary N) is 4. The Morgan fingerprint density at radius 3 is 1.15 bits per heavy atom. The lowest BCUT2D eigenvalue weighted by Crippen LogP contribution is -2.27. The monoisotopic (exact) mass is 1340 g/mol. The number of hydrogen-bond donors (Lipinski definition) is 11. The zero-order valence-electron chi connectivity index (χ0n) is 43.8. The van der Waals surface area contributed by atoms with Crippen LogP contribution in [0.25, 0.3) is 21.5 Å². The standard InChI is InChI=1S/C48H36Cl2N16O17S5/c1-22(67)51-35-17-24(9-12-33(35)65-63-27-15-31-29(41(20-27)87(78,79)80)5-3-7-38(31)84(69,70)71)53-45-57-43(49)58-46(61-45)55-26-11-14-40(86(75,76)77)37(19-26)56-48-60-44(50)59-47(62-48)54-25-10-13-34(36(18-25)52-23(2)68)66-64-28-16-32-30(42(21-28)88(81,82)83)6-4-8-39(32)85(72,73)74/h3-21H,1-2H3,(H,51,67)(H,52,68)(H,69,70,71)(H,72,73,74)(H,75,76,77)(H,78,79,80)(H,81,82,83)(H2,53,55,57,58,61)(H2,54,56,59,60,62). The minimum atomic E-state index is -5.00. The third-order valence-corrected chi connectivity index (χ3v) is 16.3. The Kier molecular flexibility index (Phi) is 17.5. The molecule has 0 bridgehead atoms. The summed E-state index contributed by atoms with van der Waals surface area (Å²) >= 11 is 12.6. The summed E-state index contributed by atoms with van der Waals surface area (Å²) in [6, 6.07) is 21.9. The maximum Gasteiger partial charge on any atom is 0.296 e. The molecule has 9 rings (SSSR count). The summed E-state index contributed by atoms with van der Waals surface area (Å²) in [4.78, 5) is 40.8. The van der Waals surface area contributed by atoms with Crippen LogP contribution in [-0.2, 0) is 50.6 Å². The lowest BCUT2D eigenvalue weighted by Gasteiger charge is -2.09. The quantitative estimate of drug-likeness (QED) is 0.0198. The van der Waals surface area contributed by atoms with Crippen LogP contribution in [0.2, 0.25) is 10.6 Å². The summed E-state index contributed by atoms with van der Waals surface area (Å²) in [7, 11) is -24.8. The lowest BCUT2D eigenvalue weighted by molar-refractivity contribution is 0.481. The van der Waals surface area contributed by atoms with E-state index in [4.69, 9.17) is 23.2 Å². The van der Waals surface area contributed by atoms with E-state index in [-0.39, 0.29) is 106 Å². The van der Waals surface area contributed by atoms with Gasteiger partial charge < -0.3 is 20.2 Å². The molecule has 0 aliphatic heterocycles. The predicted molar refractivity (Wildman–Crippen MR) is 312 cm³/mol. The minimum absolute atomic E-state index is 0.0298. The van der Waals surface area contributed by atoms with E-state index in [0.717, 1.165) is 60.7 Å². The number of aliphatic imine (C=N–C) groups is 2. The van der Waals surface area contributed by atoms with Crippen molar-refractivity contribution in [2.24, 2.45) is 50.4 Å². The Bertz CT molecular complexity index is 5470. The Morgan fingerprint density at radius 1 is 0.375 bits per heavy atom. The van der Waals surface area contributed by atoms with Gasteiger partial charge in [0.1, 0.15) is 35.9 Å². The number of fused-ring (bicyclic) bond motifs is 2. The second-order valence-electron chi connectivity index (χ2n) is 17.8. The third kappa shape index (κ3) is 15.2. The minimum Gasteiger partial charge on any atom is -0.497 e. The zero-order chi connectivity index (χ0) is 63.8. The normalized spacial score (nSPS) is 14.1. The number of azo groups is 2. The molecule has 0 amide bonds. The molecule has 0 fully saturated rings. The van der Waals surface area contributed by atoms with Gasteiger partial charge in [-0.3, -0.25) is 32.7 Å². The second kappa shape index (κ2) is 24.4. The molecule has 454 valence electrons. The van der Waals surface area contributed by atoms with Gasteiger partial charge >= 0.3 is 0 Å². The molecule has 2 aromatic heterocycles. The van der Waals surface area contributed by atoms with Crippen molar-refractivity contribution in [1.29, 1.82) is 0 Å². The van der Waals surface area contributed by atoms with E-state index >= 15 is 0 Å². The number of halogens is 2. The Hall–Kier alpha value is -9.45. The van der Waals surface area contributed by atoms with Crippen LogP contribution in [0.5, 0.6) is 0 Å². The van der Waals surface area contributed by atoms with Gasteiger partial charge in [0.05, 0.1) is 45.5 Å². The molecule has 9 aromatic rings. The number of aliphatic hydroxyl groups is 2. The third-order valence-electron chi connectivity index (χ3n) is 11.4. The average molecular weight is 1340 g/mol. The Labute approximate surface area is 503 Å². The smallest absolute Gasteiger partial charge is 0.296 e. The molecule has 0 saturated carbocycles. The first-order chi connectivity index (χ1) is 41.1. The first-order valence-electron chi connectivity index (χ1n) is 23.8. The molecular weight excluding hydrogens is 1300 g/mol. The molecule has 0 saturated heterocycles. The fraction of sp³-hybridized carbons (Fsp3) is 0.0417. The van der Waals surface area contributed by atoms with E-state index in [2.05, 4.69) is 80.3 Å². The van der Waals surface area contributed by atoms with Crippen molar-refractivity contribution in [1.82, 2.24) is 29.9 Å². The number of aromatic nitrogens is 6. The van der Waals surface area contributed by atoms with Crippen LogP contribution < -0.4 is 22.5 Å². The number of benzene rings is 7. The molecule has 0 aliphatic carbocycles. The van der Waals surface area contributed by atoms with E-state index < -0.39 is 92.6 Å². The number of nitrogens with zero attached hydrogens (tertiary/aromatic N) is 12. The zero-order valence-corrected chi connectivity index (χ0v) is 49.4. The van der Waals surface area contributed by atoms with E-state index in [9.17, 15) is 75.1 Å². The van der Waals surface area contributed by atoms with Crippen LogP contribution in [0, 0.1) is 0 Å². The predicted octanol–water partition coefficient (Wildman–Crippen LogP) is 8.61. The van der Waals surface area contributed by atoms with Gasteiger partial charge in [0.15, 0.2) is 11.8 Å². The molecule has 0 aliphatic rings. The first kappa shape index (κ1) is 63.1. The van der Waals surface area contributed by atoms with E-state index in [1.54, 1.807) is 0 Å². The van der Waals surface area contributed by atoms with Crippen molar-refractivity contribution in [3.05, 3.63) is 148 Å². The number of aliphatic hydroxyl groups excluding tert-OH is 2. The summed E-state index contributed by atoms with van der Waals surface area (Å²) in [5.41, 5.74) is -2.15. The molecule has 88 heavy (non-hydrogen) atoms. The highest BCUT2D eigenvalue weighted by Crippen LogP contribution is 2.39. The van der Waals surface area contributed by atoms with Crippen LogP contribution >= 0.6 is 23.2 Å². The van der Waals surface area contributed by atoms with Crippen LogP contribution in [-0.4, -0.2) is 117 Å². The van der Waals surface area contributed by atoms with Crippen molar-refractivity contribution in [3.8, 4) is 0 Å². The van der Waals surface area contributed by atoms with Crippen molar-refractivity contribution >= 4 is 164 Å². The topological polar surface area (TPSA) is 525 Å². The van der Waals surface area contributed by atoms with Gasteiger partial charge in [-0.2, -0.15) is 62.3 Å². The van der Waals surface area contributed by atoms with Crippen LogP contribution in [0.4, 0.5) is 56.9 Å². The first-order valence-corrected chi connectivity index (χ1v) is 31.8. The largest absolute Gasteiger partial charge is 0.497 e. The van der Waals surface area contributed by atoms with Crippen LogP contribution in [0.3, 0.4) is 0 Å². The molecule has 7 aromatic carbocycles. The highest BCUT2D eigenvalue weighted by atomic mass is 35.5. The van der Waals surface area contributed by atoms with Gasteiger partial charge in [0.2, 0.25) is 33.0 Å².